The molecule has 1 heterocycles. The zero-order valence-corrected chi connectivity index (χ0v) is 26.4. The number of benzene rings is 7. The summed E-state index contributed by atoms with van der Waals surface area (Å²) in [5.41, 5.74) is 15.1. The fourth-order valence-corrected chi connectivity index (χ4v) is 7.64. The molecule has 0 unspecified atom stereocenters. The summed E-state index contributed by atoms with van der Waals surface area (Å²) in [5.74, 6) is 0. The van der Waals surface area contributed by atoms with Crippen LogP contribution in [0.25, 0.3) is 55.3 Å². The van der Waals surface area contributed by atoms with Gasteiger partial charge in [-0.25, -0.2) is 0 Å². The summed E-state index contributed by atoms with van der Waals surface area (Å²) in [6, 6.07) is 58.9. The first kappa shape index (κ1) is 27.5. The minimum atomic E-state index is -0.138. The Labute approximate surface area is 275 Å². The molecule has 47 heavy (non-hydrogen) atoms. The number of para-hydroxylation sites is 1. The van der Waals surface area contributed by atoms with Crippen molar-refractivity contribution in [3.05, 3.63) is 175 Å². The van der Waals surface area contributed by atoms with Crippen LogP contribution in [-0.4, -0.2) is 0 Å². The monoisotopic (exact) mass is 603 g/mol. The number of nitrogens with zero attached hydrogens (tertiary/aromatic N) is 1. The highest BCUT2D eigenvalue weighted by molar-refractivity contribution is 6.06. The van der Waals surface area contributed by atoms with Crippen LogP contribution in [0.3, 0.4) is 0 Å². The number of fused-ring (bicyclic) bond motifs is 6. The fraction of sp³-hybridized carbons (Fsp3) is 0.0667. The Morgan fingerprint density at radius 3 is 1.89 bits per heavy atom. The van der Waals surface area contributed by atoms with Crippen molar-refractivity contribution in [1.29, 1.82) is 0 Å². The number of furan rings is 1. The van der Waals surface area contributed by atoms with Crippen molar-refractivity contribution in [2.24, 2.45) is 0 Å². The van der Waals surface area contributed by atoms with Crippen LogP contribution in [0.5, 0.6) is 0 Å². The molecular weight excluding hydrogens is 571 g/mol. The van der Waals surface area contributed by atoms with Gasteiger partial charge in [0.1, 0.15) is 11.2 Å². The summed E-state index contributed by atoms with van der Waals surface area (Å²) < 4.78 is 6.42. The van der Waals surface area contributed by atoms with E-state index in [-0.39, 0.29) is 5.41 Å². The van der Waals surface area contributed by atoms with E-state index in [0.717, 1.165) is 39.0 Å². The van der Waals surface area contributed by atoms with Gasteiger partial charge in [0, 0.05) is 39.3 Å². The summed E-state index contributed by atoms with van der Waals surface area (Å²) in [5, 5.41) is 2.26. The Morgan fingerprint density at radius 2 is 1.06 bits per heavy atom. The Balaban J connectivity index is 1.33. The second kappa shape index (κ2) is 10.6. The third kappa shape index (κ3) is 4.40. The quantitative estimate of drug-likeness (QED) is 0.195. The van der Waals surface area contributed by atoms with E-state index in [1.807, 2.05) is 12.1 Å². The van der Waals surface area contributed by atoms with Gasteiger partial charge < -0.3 is 9.32 Å². The Bertz CT molecular complexity index is 2440. The summed E-state index contributed by atoms with van der Waals surface area (Å²) in [6.07, 6.45) is 0. The lowest BCUT2D eigenvalue weighted by Gasteiger charge is -2.29. The molecule has 0 spiro atoms. The summed E-state index contributed by atoms with van der Waals surface area (Å²) in [4.78, 5) is 2.39. The van der Waals surface area contributed by atoms with E-state index in [1.165, 1.54) is 44.5 Å². The third-order valence-electron chi connectivity index (χ3n) is 9.81. The fourth-order valence-electron chi connectivity index (χ4n) is 7.64. The van der Waals surface area contributed by atoms with Gasteiger partial charge in [-0.2, -0.15) is 0 Å². The Kier molecular flexibility index (Phi) is 6.20. The van der Waals surface area contributed by atoms with E-state index < -0.39 is 0 Å². The van der Waals surface area contributed by atoms with E-state index in [2.05, 4.69) is 170 Å². The Hall–Kier alpha value is -5.86. The smallest absolute Gasteiger partial charge is 0.137 e. The molecule has 0 saturated heterocycles. The van der Waals surface area contributed by atoms with E-state index in [4.69, 9.17) is 4.42 Å². The second-order valence-electron chi connectivity index (χ2n) is 13.0. The molecule has 1 aromatic heterocycles. The van der Waals surface area contributed by atoms with Crippen molar-refractivity contribution >= 4 is 39.0 Å². The molecule has 224 valence electrons. The molecule has 0 bridgehead atoms. The highest BCUT2D eigenvalue weighted by atomic mass is 16.3. The largest absolute Gasteiger partial charge is 0.456 e. The summed E-state index contributed by atoms with van der Waals surface area (Å²) in [6.45, 7) is 4.72. The highest BCUT2D eigenvalue weighted by Crippen LogP contribution is 2.54. The molecular formula is C45H33NO. The molecule has 1 aliphatic rings. The van der Waals surface area contributed by atoms with Crippen molar-refractivity contribution in [2.45, 2.75) is 19.3 Å². The summed E-state index contributed by atoms with van der Waals surface area (Å²) >= 11 is 0. The Morgan fingerprint density at radius 1 is 0.426 bits per heavy atom. The van der Waals surface area contributed by atoms with Crippen molar-refractivity contribution in [3.8, 4) is 33.4 Å². The maximum atomic E-state index is 6.42. The van der Waals surface area contributed by atoms with Gasteiger partial charge in [0.25, 0.3) is 0 Å². The maximum absolute atomic E-state index is 6.42. The molecule has 1 aliphatic carbocycles. The predicted octanol–water partition coefficient (Wildman–Crippen LogP) is 12.7. The van der Waals surface area contributed by atoms with Crippen LogP contribution in [0.15, 0.2) is 168 Å². The van der Waals surface area contributed by atoms with Crippen molar-refractivity contribution < 1.29 is 4.42 Å². The van der Waals surface area contributed by atoms with Gasteiger partial charge >= 0.3 is 0 Å². The molecule has 0 saturated carbocycles. The standard InChI is InChI=1S/C45H33NO/c1-45(2)41-22-11-9-20-36(41)40-28-35(27-39(44(40)45)31-16-7-4-8-17-31)46(33-19-13-18-32(26-33)30-14-5-3-6-15-30)34-24-25-38-37-21-10-12-23-42(37)47-43(38)29-34/h3-29H,1-2H3. The molecule has 9 rings (SSSR count). The van der Waals surface area contributed by atoms with Gasteiger partial charge in [0.2, 0.25) is 0 Å². The van der Waals surface area contributed by atoms with Crippen LogP contribution in [0, 0.1) is 0 Å². The van der Waals surface area contributed by atoms with Crippen LogP contribution in [0.4, 0.5) is 17.1 Å². The van der Waals surface area contributed by atoms with Crippen molar-refractivity contribution in [3.63, 3.8) is 0 Å². The van der Waals surface area contributed by atoms with Crippen LogP contribution in [-0.2, 0) is 5.41 Å². The van der Waals surface area contributed by atoms with Gasteiger partial charge in [-0.3, -0.25) is 0 Å². The van der Waals surface area contributed by atoms with Gasteiger partial charge in [0.15, 0.2) is 0 Å². The first-order valence-electron chi connectivity index (χ1n) is 16.3. The average Bonchev–Trinajstić information content (AvgIpc) is 3.61. The van der Waals surface area contributed by atoms with Crippen molar-refractivity contribution in [2.75, 3.05) is 4.90 Å². The minimum Gasteiger partial charge on any atom is -0.456 e. The normalized spacial score (nSPS) is 13.1. The van der Waals surface area contributed by atoms with Crippen molar-refractivity contribution in [1.82, 2.24) is 0 Å². The average molecular weight is 604 g/mol. The zero-order valence-electron chi connectivity index (χ0n) is 26.4. The predicted molar refractivity (Wildman–Crippen MR) is 197 cm³/mol. The van der Waals surface area contributed by atoms with Gasteiger partial charge in [0.05, 0.1) is 0 Å². The molecule has 7 aromatic carbocycles. The lowest BCUT2D eigenvalue weighted by Crippen LogP contribution is -2.17. The lowest BCUT2D eigenvalue weighted by molar-refractivity contribution is 0.662. The van der Waals surface area contributed by atoms with Gasteiger partial charge in [-0.15, -0.1) is 0 Å². The lowest BCUT2D eigenvalue weighted by atomic mass is 9.78. The second-order valence-corrected chi connectivity index (χ2v) is 13.0. The van der Waals surface area contributed by atoms with Crippen LogP contribution in [0.2, 0.25) is 0 Å². The SMILES string of the molecule is CC1(C)c2ccccc2-c2cc(N(c3cccc(-c4ccccc4)c3)c3ccc4c(c3)oc3ccccc34)cc(-c3ccccc3)c21. The summed E-state index contributed by atoms with van der Waals surface area (Å²) in [7, 11) is 0. The first-order chi connectivity index (χ1) is 23.1. The first-order valence-corrected chi connectivity index (χ1v) is 16.3. The molecule has 2 heteroatoms. The number of hydrogen-bond acceptors (Lipinski definition) is 2. The number of rotatable bonds is 5. The molecule has 0 fully saturated rings. The third-order valence-corrected chi connectivity index (χ3v) is 9.81. The molecule has 0 atom stereocenters. The topological polar surface area (TPSA) is 16.4 Å². The number of anilines is 3. The van der Waals surface area contributed by atoms with E-state index in [0.29, 0.717) is 0 Å². The molecule has 8 aromatic rings. The molecule has 0 N–H and O–H groups in total. The number of hydrogen-bond donors (Lipinski definition) is 0. The maximum Gasteiger partial charge on any atom is 0.137 e. The molecule has 0 radical (unpaired) electrons. The minimum absolute atomic E-state index is 0.138. The molecule has 2 nitrogen and oxygen atoms in total. The van der Waals surface area contributed by atoms with Gasteiger partial charge in [-0.1, -0.05) is 129 Å². The van der Waals surface area contributed by atoms with Gasteiger partial charge in [-0.05, 0) is 87.0 Å². The van der Waals surface area contributed by atoms with E-state index in [1.54, 1.807) is 0 Å². The zero-order chi connectivity index (χ0) is 31.5. The van der Waals surface area contributed by atoms with E-state index >= 15 is 0 Å². The highest BCUT2D eigenvalue weighted by Gasteiger charge is 2.38. The van der Waals surface area contributed by atoms with Crippen LogP contribution >= 0.6 is 0 Å². The van der Waals surface area contributed by atoms with E-state index in [9.17, 15) is 0 Å². The van der Waals surface area contributed by atoms with Crippen LogP contribution < -0.4 is 4.90 Å². The molecule has 0 amide bonds. The van der Waals surface area contributed by atoms with Crippen LogP contribution in [0.1, 0.15) is 25.0 Å². The molecule has 0 aliphatic heterocycles.